The average Bonchev–Trinajstić information content (AvgIpc) is 3.47. The summed E-state index contributed by atoms with van der Waals surface area (Å²) < 4.78 is 12.7. The van der Waals surface area contributed by atoms with E-state index in [2.05, 4.69) is 53.5 Å². The number of rotatable bonds is 18. The van der Waals surface area contributed by atoms with Crippen LogP contribution in [-0.2, 0) is 36.9 Å². The van der Waals surface area contributed by atoms with Gasteiger partial charge in [-0.25, -0.2) is 15.0 Å². The number of benzene rings is 1. The van der Waals surface area contributed by atoms with Crippen molar-refractivity contribution in [3.05, 3.63) is 64.4 Å². The van der Waals surface area contributed by atoms with Gasteiger partial charge < -0.3 is 30.7 Å². The second kappa shape index (κ2) is 17.7. The predicted molar refractivity (Wildman–Crippen MR) is 204 cm³/mol. The van der Waals surface area contributed by atoms with Crippen molar-refractivity contribution >= 4 is 56.2 Å². The van der Waals surface area contributed by atoms with E-state index < -0.39 is 6.04 Å². The van der Waals surface area contributed by atoms with E-state index >= 15 is 0 Å². The Morgan fingerprint density at radius 3 is 2.56 bits per heavy atom. The van der Waals surface area contributed by atoms with Crippen molar-refractivity contribution in [1.82, 2.24) is 34.9 Å². The fourth-order valence-electron chi connectivity index (χ4n) is 7.20. The van der Waals surface area contributed by atoms with E-state index in [0.717, 1.165) is 30.4 Å². The molecule has 1 saturated heterocycles. The Kier molecular flexibility index (Phi) is 12.8. The van der Waals surface area contributed by atoms with Crippen LogP contribution in [0.4, 0.5) is 5.82 Å². The van der Waals surface area contributed by atoms with Crippen LogP contribution >= 0.6 is 15.9 Å². The number of amides is 3. The Morgan fingerprint density at radius 2 is 1.81 bits per heavy atom. The summed E-state index contributed by atoms with van der Waals surface area (Å²) in [6.07, 6.45) is 7.03. The van der Waals surface area contributed by atoms with Gasteiger partial charge in [-0.15, -0.1) is 0 Å². The monoisotopic (exact) mass is 803 g/mol. The third-order valence-corrected chi connectivity index (χ3v) is 10.4. The summed E-state index contributed by atoms with van der Waals surface area (Å²) in [7, 11) is 0. The molecule has 3 aromatic heterocycles. The number of unbranched alkanes of at least 4 members (excludes halogenated alkanes) is 1. The maximum atomic E-state index is 14.2. The number of ketones is 1. The van der Waals surface area contributed by atoms with Crippen LogP contribution in [-0.4, -0.2) is 98.2 Å². The number of aryl methyl sites for hydroxylation is 1. The van der Waals surface area contributed by atoms with E-state index in [9.17, 15) is 19.2 Å². The number of aromatic nitrogens is 5. The summed E-state index contributed by atoms with van der Waals surface area (Å²) in [6, 6.07) is 8.57. The summed E-state index contributed by atoms with van der Waals surface area (Å²) in [5, 5.41) is 10.9. The lowest BCUT2D eigenvalue weighted by atomic mass is 10.0. The lowest BCUT2D eigenvalue weighted by molar-refractivity contribution is -0.139. The van der Waals surface area contributed by atoms with Crippen LogP contribution in [0.1, 0.15) is 61.4 Å². The summed E-state index contributed by atoms with van der Waals surface area (Å²) >= 11 is 3.38. The smallest absolute Gasteiger partial charge is 0.248 e. The molecule has 4 heterocycles. The van der Waals surface area contributed by atoms with Gasteiger partial charge in [-0.2, -0.15) is 5.10 Å². The van der Waals surface area contributed by atoms with Crippen LogP contribution in [0.15, 0.2) is 47.3 Å². The number of nitrogens with two attached hydrogens (primary N) is 1. The molecule has 4 atom stereocenters. The highest BCUT2D eigenvalue weighted by Crippen LogP contribution is 2.56. The summed E-state index contributed by atoms with van der Waals surface area (Å²) in [5.41, 5.74) is 8.50. The first kappa shape index (κ1) is 39.1. The van der Waals surface area contributed by atoms with Gasteiger partial charge in [0.05, 0.1) is 31.9 Å². The highest BCUT2D eigenvalue weighted by Gasteiger charge is 2.63. The van der Waals surface area contributed by atoms with E-state index in [0.29, 0.717) is 64.8 Å². The standard InChI is InChI=1S/C38H46BrN9O6/c1-4-5-6-26-27-16-30(38(52)45-37-22(2)7-10-31(39)44-37)48(36(26)27)34(51)20-47-29-9-8-24(15-28(29)35(46-47)23(3)49)25-17-41-32(42-18-25)19-43-33(50)21-54-14-13-53-12-11-40/h7-10,15,17-18,26-27,30,36H,4-6,11-14,16,19-21,40H2,1-3H3,(H,43,50)(H,44,45,52)/t26?,27-,30-,36+/m0/s1. The van der Waals surface area contributed by atoms with Gasteiger partial charge in [0.2, 0.25) is 17.7 Å². The quantitative estimate of drug-likeness (QED) is 0.0752. The third kappa shape index (κ3) is 9.00. The van der Waals surface area contributed by atoms with Crippen molar-refractivity contribution in [2.24, 2.45) is 17.6 Å². The highest BCUT2D eigenvalue weighted by molar-refractivity contribution is 9.10. The van der Waals surface area contributed by atoms with E-state index in [1.165, 1.54) is 6.92 Å². The van der Waals surface area contributed by atoms with Crippen molar-refractivity contribution in [1.29, 1.82) is 0 Å². The second-order valence-corrected chi connectivity index (χ2v) is 14.5. The maximum absolute atomic E-state index is 14.2. The van der Waals surface area contributed by atoms with Crippen LogP contribution in [0, 0.1) is 18.8 Å². The number of hydrogen-bond donors (Lipinski definition) is 3. The molecule has 286 valence electrons. The molecule has 1 aromatic carbocycles. The average molecular weight is 805 g/mol. The van der Waals surface area contributed by atoms with E-state index in [-0.39, 0.29) is 67.5 Å². The zero-order chi connectivity index (χ0) is 38.4. The molecule has 4 aromatic rings. The molecule has 2 aliphatic rings. The van der Waals surface area contributed by atoms with Crippen LogP contribution < -0.4 is 16.4 Å². The zero-order valence-corrected chi connectivity index (χ0v) is 32.3. The molecule has 1 saturated carbocycles. The van der Waals surface area contributed by atoms with E-state index in [1.807, 2.05) is 37.3 Å². The molecule has 0 spiro atoms. The van der Waals surface area contributed by atoms with Crippen LogP contribution in [0.3, 0.4) is 0 Å². The number of nitrogens with zero attached hydrogens (tertiary/aromatic N) is 6. The fourth-order valence-corrected chi connectivity index (χ4v) is 7.51. The number of carbonyl (C=O) groups excluding carboxylic acids is 4. The van der Waals surface area contributed by atoms with Crippen molar-refractivity contribution in [3.63, 3.8) is 0 Å². The summed E-state index contributed by atoms with van der Waals surface area (Å²) in [4.78, 5) is 67.8. The molecule has 0 bridgehead atoms. The van der Waals surface area contributed by atoms with Gasteiger partial charge >= 0.3 is 0 Å². The molecule has 6 rings (SSSR count). The topological polar surface area (TPSA) is 197 Å². The van der Waals surface area contributed by atoms with Crippen LogP contribution in [0.5, 0.6) is 0 Å². The Labute approximate surface area is 321 Å². The van der Waals surface area contributed by atoms with Gasteiger partial charge in [-0.1, -0.05) is 31.9 Å². The number of anilines is 1. The molecule has 1 unspecified atom stereocenters. The predicted octanol–water partition coefficient (Wildman–Crippen LogP) is 3.81. The van der Waals surface area contributed by atoms with Gasteiger partial charge in [-0.05, 0) is 76.9 Å². The number of carbonyl (C=O) groups is 4. The Hall–Kier alpha value is -4.64. The molecular weight excluding hydrogens is 758 g/mol. The SMILES string of the molecule is CCCCC1[C@@H]2[C@H]1C[C@@H](C(=O)Nc1nc(Br)ccc1C)N2C(=O)Cn1nc(C(C)=O)c2cc(-c3cnc(CNC(=O)COCCOCCN)nc3)ccc21. The minimum Gasteiger partial charge on any atom is -0.378 e. The van der Waals surface area contributed by atoms with E-state index in [4.69, 9.17) is 15.2 Å². The lowest BCUT2D eigenvalue weighted by Crippen LogP contribution is -2.47. The molecule has 2 fully saturated rings. The minimum absolute atomic E-state index is 0.00614. The number of halogens is 1. The zero-order valence-electron chi connectivity index (χ0n) is 30.7. The Morgan fingerprint density at radius 1 is 1.04 bits per heavy atom. The third-order valence-electron chi connectivity index (χ3n) is 9.94. The Balaban J connectivity index is 1.15. The molecule has 1 aliphatic heterocycles. The van der Waals surface area contributed by atoms with Crippen molar-refractivity contribution in [2.75, 3.05) is 38.3 Å². The number of likely N-dealkylation sites (tertiary alicyclic amines) is 1. The van der Waals surface area contributed by atoms with Gasteiger partial charge in [0.1, 0.15) is 41.1 Å². The summed E-state index contributed by atoms with van der Waals surface area (Å²) in [5.74, 6) is 0.490. The van der Waals surface area contributed by atoms with Crippen molar-refractivity contribution in [3.8, 4) is 11.1 Å². The number of nitrogens with one attached hydrogen (secondary N) is 2. The minimum atomic E-state index is -0.637. The van der Waals surface area contributed by atoms with Gasteiger partial charge in [0.25, 0.3) is 0 Å². The Bertz CT molecular complexity index is 2010. The molecule has 0 radical (unpaired) electrons. The van der Waals surface area contributed by atoms with Gasteiger partial charge in [0.15, 0.2) is 5.78 Å². The molecule has 3 amide bonds. The van der Waals surface area contributed by atoms with Crippen molar-refractivity contribution in [2.45, 2.75) is 71.6 Å². The number of piperidine rings is 1. The second-order valence-electron chi connectivity index (χ2n) is 13.7. The molecule has 1 aliphatic carbocycles. The molecule has 54 heavy (non-hydrogen) atoms. The first-order chi connectivity index (χ1) is 26.1. The summed E-state index contributed by atoms with van der Waals surface area (Å²) in [6.45, 7) is 6.87. The van der Waals surface area contributed by atoms with Gasteiger partial charge in [-0.3, -0.25) is 23.9 Å². The van der Waals surface area contributed by atoms with Crippen LogP contribution in [0.25, 0.3) is 22.0 Å². The lowest BCUT2D eigenvalue weighted by Gasteiger charge is -2.28. The number of hydrogen-bond acceptors (Lipinski definition) is 11. The maximum Gasteiger partial charge on any atom is 0.248 e. The number of ether oxygens (including phenoxy) is 2. The largest absolute Gasteiger partial charge is 0.378 e. The normalized spacial score (nSPS) is 18.8. The van der Waals surface area contributed by atoms with E-state index in [1.54, 1.807) is 22.0 Å². The van der Waals surface area contributed by atoms with Crippen molar-refractivity contribution < 1.29 is 28.7 Å². The molecule has 15 nitrogen and oxygen atoms in total. The van der Waals surface area contributed by atoms with Gasteiger partial charge in [0, 0.05) is 42.9 Å². The number of Topliss-reactive ketones (excluding diaryl/α,β-unsaturated/α-hetero) is 1. The molecule has 4 N–H and O–H groups in total. The molecule has 16 heteroatoms. The first-order valence-electron chi connectivity index (χ1n) is 18.3. The van der Waals surface area contributed by atoms with Crippen LogP contribution in [0.2, 0.25) is 0 Å². The number of fused-ring (bicyclic) bond motifs is 2. The fraction of sp³-hybridized carbons (Fsp3) is 0.474. The number of pyridine rings is 1. The first-order valence-corrected chi connectivity index (χ1v) is 19.1. The highest BCUT2D eigenvalue weighted by atomic mass is 79.9. The molecular formula is C38H46BrN9O6.